The summed E-state index contributed by atoms with van der Waals surface area (Å²) in [5.74, 6) is 0. The molecule has 0 radical (unpaired) electrons. The summed E-state index contributed by atoms with van der Waals surface area (Å²) in [6.45, 7) is 0. The van der Waals surface area contributed by atoms with Gasteiger partial charge in [-0.2, -0.15) is 0 Å². The van der Waals surface area contributed by atoms with E-state index in [1.54, 1.807) is 13.1 Å². The van der Waals surface area contributed by atoms with E-state index in [-0.39, 0.29) is 5.71 Å². The summed E-state index contributed by atoms with van der Waals surface area (Å²) >= 11 is 0. The van der Waals surface area contributed by atoms with Crippen molar-refractivity contribution in [1.29, 1.82) is 0 Å². The highest BCUT2D eigenvalue weighted by Crippen LogP contribution is 2.22. The summed E-state index contributed by atoms with van der Waals surface area (Å²) in [5.41, 5.74) is 1.33. The third-order valence-electron chi connectivity index (χ3n) is 2.97. The molecule has 0 aromatic heterocycles. The molecule has 6 nitrogen and oxygen atoms in total. The van der Waals surface area contributed by atoms with Crippen LogP contribution in [0, 0.1) is 10.1 Å². The molecule has 0 spiro atoms. The van der Waals surface area contributed by atoms with Crippen LogP contribution in [0.3, 0.4) is 0 Å². The third-order valence-corrected chi connectivity index (χ3v) is 2.97. The summed E-state index contributed by atoms with van der Waals surface area (Å²) in [7, 11) is 1.61. The average molecular weight is 259 g/mol. The first kappa shape index (κ1) is 13.1. The molecule has 2 atom stereocenters. The van der Waals surface area contributed by atoms with Crippen LogP contribution >= 0.6 is 0 Å². The number of hydrogen-bond donors (Lipinski definition) is 1. The molecular formula is C13H13N3O3. The Hall–Kier alpha value is -2.34. The molecule has 0 amide bonds. The second-order valence-electron chi connectivity index (χ2n) is 4.13. The van der Waals surface area contributed by atoms with Gasteiger partial charge in [0.25, 0.3) is 6.04 Å². The molecule has 0 bridgehead atoms. The van der Waals surface area contributed by atoms with Crippen LogP contribution in [-0.4, -0.2) is 36.1 Å². The first-order valence-corrected chi connectivity index (χ1v) is 5.78. The number of carbonyl (C=O) groups is 1. The number of aliphatic imine (C=N–C) groups is 1. The van der Waals surface area contributed by atoms with Crippen LogP contribution in [0.4, 0.5) is 0 Å². The van der Waals surface area contributed by atoms with Crippen LogP contribution in [0.5, 0.6) is 0 Å². The van der Waals surface area contributed by atoms with Gasteiger partial charge < -0.3 is 5.32 Å². The van der Waals surface area contributed by atoms with Crippen molar-refractivity contribution in [2.75, 3.05) is 7.05 Å². The lowest BCUT2D eigenvalue weighted by molar-refractivity contribution is -0.503. The molecule has 2 rings (SSSR count). The van der Waals surface area contributed by atoms with Gasteiger partial charge in [-0.05, 0) is 18.7 Å². The number of aldehydes is 1. The van der Waals surface area contributed by atoms with Gasteiger partial charge in [0.1, 0.15) is 6.04 Å². The highest BCUT2D eigenvalue weighted by molar-refractivity contribution is 6.32. The lowest BCUT2D eigenvalue weighted by Crippen LogP contribution is -2.44. The highest BCUT2D eigenvalue weighted by atomic mass is 16.6. The number of nitrogens with zero attached hydrogens (tertiary/aromatic N) is 2. The van der Waals surface area contributed by atoms with E-state index in [0.717, 1.165) is 5.56 Å². The van der Waals surface area contributed by atoms with Gasteiger partial charge in [0.2, 0.25) is 0 Å². The zero-order valence-electron chi connectivity index (χ0n) is 10.3. The van der Waals surface area contributed by atoms with E-state index >= 15 is 0 Å². The molecule has 1 aliphatic heterocycles. The van der Waals surface area contributed by atoms with Crippen molar-refractivity contribution in [2.24, 2.45) is 4.99 Å². The lowest BCUT2D eigenvalue weighted by Gasteiger charge is -2.12. The molecule has 6 heteroatoms. The van der Waals surface area contributed by atoms with Gasteiger partial charge in [0, 0.05) is 4.92 Å². The number of carbonyl (C=O) groups excluding carboxylic acids is 1. The average Bonchev–Trinajstić information content (AvgIpc) is 2.77. The second kappa shape index (κ2) is 5.53. The highest BCUT2D eigenvalue weighted by Gasteiger charge is 2.43. The van der Waals surface area contributed by atoms with E-state index in [9.17, 15) is 14.9 Å². The smallest absolute Gasteiger partial charge is 0.278 e. The molecular weight excluding hydrogens is 246 g/mol. The molecule has 1 aliphatic rings. The van der Waals surface area contributed by atoms with Crippen LogP contribution < -0.4 is 5.32 Å². The Morgan fingerprint density at radius 3 is 2.58 bits per heavy atom. The van der Waals surface area contributed by atoms with Crippen molar-refractivity contribution >= 4 is 18.1 Å². The second-order valence-corrected chi connectivity index (χ2v) is 4.13. The number of rotatable bonds is 4. The lowest BCUT2D eigenvalue weighted by atomic mass is 10.0. The Morgan fingerprint density at radius 1 is 1.37 bits per heavy atom. The van der Waals surface area contributed by atoms with E-state index in [1.165, 1.54) is 0 Å². The summed E-state index contributed by atoms with van der Waals surface area (Å²) in [6, 6.07) is 7.64. The topological polar surface area (TPSA) is 84.6 Å². The minimum Gasteiger partial charge on any atom is -0.306 e. The maximum atomic E-state index is 11.0. The summed E-state index contributed by atoms with van der Waals surface area (Å²) in [6.07, 6.45) is 2.19. The number of likely N-dealkylation sites (N-methyl/N-ethyl adjacent to an activating group) is 1. The Labute approximate surface area is 110 Å². The summed E-state index contributed by atoms with van der Waals surface area (Å²) < 4.78 is 0. The third kappa shape index (κ3) is 2.58. The Balaban J connectivity index is 2.41. The van der Waals surface area contributed by atoms with Crippen LogP contribution in [-0.2, 0) is 4.79 Å². The number of benzene rings is 1. The van der Waals surface area contributed by atoms with Crippen molar-refractivity contribution in [3.63, 3.8) is 0 Å². The fourth-order valence-electron chi connectivity index (χ4n) is 2.09. The minimum atomic E-state index is -1.13. The monoisotopic (exact) mass is 259 g/mol. The fourth-order valence-corrected chi connectivity index (χ4v) is 2.09. The van der Waals surface area contributed by atoms with Gasteiger partial charge in [-0.3, -0.25) is 14.9 Å². The first-order chi connectivity index (χ1) is 9.17. The van der Waals surface area contributed by atoms with E-state index in [2.05, 4.69) is 10.3 Å². The molecule has 98 valence electrons. The van der Waals surface area contributed by atoms with Gasteiger partial charge in [0.15, 0.2) is 12.0 Å². The van der Waals surface area contributed by atoms with E-state index in [4.69, 9.17) is 0 Å². The molecule has 0 saturated heterocycles. The summed E-state index contributed by atoms with van der Waals surface area (Å²) in [4.78, 5) is 25.5. The van der Waals surface area contributed by atoms with E-state index in [0.29, 0.717) is 12.0 Å². The molecule has 1 aromatic rings. The minimum absolute atomic E-state index is 0.0495. The van der Waals surface area contributed by atoms with Gasteiger partial charge in [-0.1, -0.05) is 30.3 Å². The molecule has 1 N–H and O–H groups in total. The normalized spacial score (nSPS) is 24.3. The van der Waals surface area contributed by atoms with Crippen molar-refractivity contribution in [3.05, 3.63) is 51.7 Å². The van der Waals surface area contributed by atoms with Crippen molar-refractivity contribution in [2.45, 2.75) is 12.1 Å². The van der Waals surface area contributed by atoms with Crippen LogP contribution in [0.1, 0.15) is 5.56 Å². The first-order valence-electron chi connectivity index (χ1n) is 5.78. The van der Waals surface area contributed by atoms with Crippen LogP contribution in [0.2, 0.25) is 0 Å². The number of hydrogen-bond acceptors (Lipinski definition) is 5. The molecule has 0 aliphatic carbocycles. The largest absolute Gasteiger partial charge is 0.306 e. The Kier molecular flexibility index (Phi) is 3.82. The Bertz CT molecular complexity index is 552. The van der Waals surface area contributed by atoms with Gasteiger partial charge in [0.05, 0.1) is 5.70 Å². The molecule has 2 unspecified atom stereocenters. The van der Waals surface area contributed by atoms with Gasteiger partial charge in [-0.15, -0.1) is 0 Å². The molecule has 19 heavy (non-hydrogen) atoms. The zero-order valence-corrected chi connectivity index (χ0v) is 10.3. The maximum Gasteiger partial charge on any atom is 0.278 e. The quantitative estimate of drug-likeness (QED) is 0.495. The predicted molar refractivity (Wildman–Crippen MR) is 71.5 cm³/mol. The van der Waals surface area contributed by atoms with Gasteiger partial charge >= 0.3 is 0 Å². The van der Waals surface area contributed by atoms with E-state index < -0.39 is 17.0 Å². The van der Waals surface area contributed by atoms with Crippen molar-refractivity contribution in [1.82, 2.24) is 5.32 Å². The molecule has 0 saturated carbocycles. The standard InChI is InChI=1S/C13H13N3O3/c1-14-12-10(7-9-5-3-2-4-6-9)15-11(8-17)13(12)16(18)19/h2-8,12-14H,1H3. The number of nitrogens with one attached hydrogen (secondary N) is 1. The van der Waals surface area contributed by atoms with E-state index in [1.807, 2.05) is 30.3 Å². The van der Waals surface area contributed by atoms with Crippen molar-refractivity contribution < 1.29 is 9.72 Å². The van der Waals surface area contributed by atoms with Crippen molar-refractivity contribution in [3.8, 4) is 0 Å². The fraction of sp³-hybridized carbons (Fsp3) is 0.231. The molecule has 0 fully saturated rings. The Morgan fingerprint density at radius 2 is 2.05 bits per heavy atom. The SMILES string of the molecule is CNC1C(=Cc2ccccc2)N=C(C=O)C1[N+](=O)[O-]. The van der Waals surface area contributed by atoms with Gasteiger partial charge in [-0.25, -0.2) is 4.99 Å². The van der Waals surface area contributed by atoms with Crippen LogP contribution in [0.15, 0.2) is 41.0 Å². The maximum absolute atomic E-state index is 11.0. The molecule has 1 heterocycles. The zero-order chi connectivity index (χ0) is 13.8. The summed E-state index contributed by atoms with van der Waals surface area (Å²) in [5, 5.41) is 13.9. The predicted octanol–water partition coefficient (Wildman–Crippen LogP) is 0.914. The van der Waals surface area contributed by atoms with Crippen LogP contribution in [0.25, 0.3) is 6.08 Å². The number of nitro groups is 1. The molecule has 1 aromatic carbocycles.